The van der Waals surface area contributed by atoms with Crippen LogP contribution in [0.3, 0.4) is 0 Å². The van der Waals surface area contributed by atoms with Crippen molar-refractivity contribution in [2.45, 2.75) is 134 Å². The van der Waals surface area contributed by atoms with E-state index in [1.165, 1.54) is 23.8 Å². The summed E-state index contributed by atoms with van der Waals surface area (Å²) in [5.74, 6) is -2.09. The zero-order chi connectivity index (χ0) is 47.3. The summed E-state index contributed by atoms with van der Waals surface area (Å²) in [5.41, 5.74) is 12.1. The summed E-state index contributed by atoms with van der Waals surface area (Å²) in [7, 11) is 1.27. The van der Waals surface area contributed by atoms with E-state index in [1.54, 1.807) is 6.92 Å². The van der Waals surface area contributed by atoms with Gasteiger partial charge in [-0.3, -0.25) is 14.8 Å². The van der Waals surface area contributed by atoms with Crippen LogP contribution in [0.15, 0.2) is 113 Å². The number of aliphatic imine (C=N–C) groups is 3. The molecular weight excluding hydrogens is 837 g/mol. The first-order chi connectivity index (χ1) is 30.9. The second-order valence-corrected chi connectivity index (χ2v) is 18.7. The fourth-order valence-electron chi connectivity index (χ4n) is 9.68. The molecule has 8 bridgehead atoms. The van der Waals surface area contributed by atoms with Gasteiger partial charge in [0.1, 0.15) is 6.61 Å². The van der Waals surface area contributed by atoms with Crippen molar-refractivity contribution in [2.24, 2.45) is 38.6 Å². The third-order valence-electron chi connectivity index (χ3n) is 13.7. The Balaban J connectivity index is 0.00000817. The summed E-state index contributed by atoms with van der Waals surface area (Å²) in [6.45, 7) is 22.6. The van der Waals surface area contributed by atoms with Crippen LogP contribution in [-0.2, 0) is 19.1 Å². The van der Waals surface area contributed by atoms with Gasteiger partial charge in [-0.15, -0.1) is 5.76 Å². The Labute approximate surface area is 408 Å². The number of ether oxygens (including phenoxy) is 2. The minimum absolute atomic E-state index is 0. The number of esters is 2. The predicted octanol–water partition coefficient (Wildman–Crippen LogP) is 8.57. The molecule has 1 aromatic heterocycles. The summed E-state index contributed by atoms with van der Waals surface area (Å²) in [4.78, 5) is 45.8. The van der Waals surface area contributed by atoms with Gasteiger partial charge in [0.05, 0.1) is 35.2 Å². The van der Waals surface area contributed by atoms with Crippen molar-refractivity contribution in [1.29, 1.82) is 0 Å². The van der Waals surface area contributed by atoms with Gasteiger partial charge in [0, 0.05) is 58.1 Å². The molecule has 0 amide bonds. The first-order valence-corrected chi connectivity index (χ1v) is 23.4. The Bertz CT molecular complexity index is 2640. The van der Waals surface area contributed by atoms with Gasteiger partial charge in [-0.05, 0) is 146 Å². The Morgan fingerprint density at radius 1 is 0.803 bits per heavy atom. The third-order valence-corrected chi connectivity index (χ3v) is 13.7. The van der Waals surface area contributed by atoms with E-state index in [9.17, 15) is 19.8 Å². The van der Waals surface area contributed by atoms with Crippen LogP contribution < -0.4 is 20.9 Å². The van der Waals surface area contributed by atoms with E-state index >= 15 is 0 Å². The maximum Gasteiger partial charge on any atom is 2.00 e. The fourth-order valence-corrected chi connectivity index (χ4v) is 9.68. The number of H-pyrrole nitrogens is 1. The number of aromatic amines is 1. The first kappa shape index (κ1) is 52.0. The number of nitrogens with zero attached hydrogens (tertiary/aromatic N) is 3. The minimum atomic E-state index is -0.750. The van der Waals surface area contributed by atoms with Gasteiger partial charge in [0.2, 0.25) is 0 Å². The molecule has 0 radical (unpaired) electrons. The van der Waals surface area contributed by atoms with E-state index in [0.717, 1.165) is 72.8 Å². The van der Waals surface area contributed by atoms with Crippen LogP contribution in [0.4, 0.5) is 0 Å². The molecule has 0 saturated heterocycles. The van der Waals surface area contributed by atoms with Crippen molar-refractivity contribution in [2.75, 3.05) is 13.7 Å². The molecule has 10 nitrogen and oxygen atoms in total. The average Bonchev–Trinajstić information content (AvgIpc) is 4.00. The van der Waals surface area contributed by atoms with Crippen molar-refractivity contribution in [3.63, 3.8) is 0 Å². The molecule has 66 heavy (non-hydrogen) atoms. The topological polar surface area (TPSA) is 152 Å². The molecule has 6 rings (SSSR count). The summed E-state index contributed by atoms with van der Waals surface area (Å²) in [6, 6.07) is 0. The summed E-state index contributed by atoms with van der Waals surface area (Å²) in [6.07, 6.45) is 22.1. The van der Waals surface area contributed by atoms with Gasteiger partial charge in [-0.2, -0.15) is 0 Å². The minimum Gasteiger partial charge on any atom is -0.875 e. The zero-order valence-electron chi connectivity index (χ0n) is 41.4. The van der Waals surface area contributed by atoms with Crippen molar-refractivity contribution in [3.05, 3.63) is 120 Å². The number of hydrogen-bond donors (Lipinski definition) is 1. The number of carbonyl (C=O) groups is 2. The normalized spacial score (nSPS) is 22.3. The number of rotatable bonds is 16. The number of allylic oxidation sites excluding steroid dienone is 14. The quantitative estimate of drug-likeness (QED) is 0.0760. The van der Waals surface area contributed by atoms with Crippen molar-refractivity contribution in [1.82, 2.24) is 4.98 Å². The van der Waals surface area contributed by atoms with Crippen LogP contribution in [-0.4, -0.2) is 70.8 Å². The van der Waals surface area contributed by atoms with Crippen LogP contribution >= 0.6 is 0 Å². The van der Waals surface area contributed by atoms with Gasteiger partial charge in [-0.1, -0.05) is 74.0 Å². The van der Waals surface area contributed by atoms with Crippen molar-refractivity contribution >= 4 is 69.5 Å². The van der Waals surface area contributed by atoms with Gasteiger partial charge in [-0.25, -0.2) is 9.79 Å². The molecule has 0 saturated carbocycles. The van der Waals surface area contributed by atoms with Crippen molar-refractivity contribution < 1.29 is 29.3 Å². The second kappa shape index (κ2) is 22.7. The summed E-state index contributed by atoms with van der Waals surface area (Å²) >= 11 is 0. The molecule has 1 N–H and O–H groups in total. The van der Waals surface area contributed by atoms with Crippen LogP contribution in [0, 0.1) is 30.6 Å². The van der Waals surface area contributed by atoms with Gasteiger partial charge >= 0.3 is 35.0 Å². The Hall–Kier alpha value is -5.00. The standard InChI is InChI=1S/C55H70N4O6.Mg/c1-13-39-34(7)41-29-46-48(38(11)60)36(9)43(57-46)27-42-35(8)40(52(58-42)50-51(55(63)64-12)54(62)49-37(10)44(59-53(49)50)28-45(39)56-41)23-24-47(61)65-26-25-33(6)22-16-21-32(5)20-15-19-31(4)18-14-17-30(2)3;/h17,19,21,25,27-29,34-35,39-40,59-60,62H,13-16,18,20,22-24,26H2,1-12H3;/q;+2/p-2. The average molecular weight is 905 g/mol. The molecule has 4 aliphatic heterocycles. The number of fused-ring (bicyclic) bond motifs is 5. The molecule has 5 aliphatic rings. The zero-order valence-corrected chi connectivity index (χ0v) is 42.8. The van der Waals surface area contributed by atoms with Crippen LogP contribution in [0.25, 0.3) is 17.4 Å². The van der Waals surface area contributed by atoms with Crippen LogP contribution in [0.2, 0.25) is 0 Å². The molecule has 0 fully saturated rings. The molecule has 0 spiro atoms. The van der Waals surface area contributed by atoms with Crippen molar-refractivity contribution in [3.8, 4) is 0 Å². The summed E-state index contributed by atoms with van der Waals surface area (Å²) < 4.78 is 11.0. The first-order valence-electron chi connectivity index (χ1n) is 23.4. The molecule has 1 aliphatic carbocycles. The van der Waals surface area contributed by atoms with Gasteiger partial charge in [0.25, 0.3) is 0 Å². The van der Waals surface area contributed by atoms with E-state index < -0.39 is 11.7 Å². The van der Waals surface area contributed by atoms with Crippen LogP contribution in [0.5, 0.6) is 0 Å². The van der Waals surface area contributed by atoms with Gasteiger partial charge in [0.15, 0.2) is 0 Å². The Morgan fingerprint density at radius 2 is 1.41 bits per heavy atom. The van der Waals surface area contributed by atoms with E-state index in [1.807, 2.05) is 45.1 Å². The number of methoxy groups -OCH3 is 1. The third kappa shape index (κ3) is 11.4. The number of carbonyl (C=O) groups excluding carboxylic acids is 2. The molecule has 0 aromatic carbocycles. The molecular formula is C55H68MgN4O6. The number of aromatic nitrogens is 1. The van der Waals surface area contributed by atoms with E-state index in [2.05, 4.69) is 71.7 Å². The van der Waals surface area contributed by atoms with Crippen LogP contribution in [0.1, 0.15) is 138 Å². The number of nitrogens with one attached hydrogen (secondary N) is 1. The Morgan fingerprint density at radius 3 is 2.02 bits per heavy atom. The smallest absolute Gasteiger partial charge is 0.875 e. The SMILES string of the molecule is CCC1C2=NC(=CC3=NC(=C(C)C3=C(C)[O-])C=C3N=C(C4=c5[nH]c(c(C)c5C([O-])=C4C(=O)OC)=C2)C(CCC(=O)OCC=C(C)CCC=C(C)CCC=C(C)CCC=C(C)C)C3C)C1C.[Mg+2]. The molecule has 5 heterocycles. The molecule has 346 valence electrons. The fraction of sp³-hybridized carbons (Fsp3) is 0.473. The predicted molar refractivity (Wildman–Crippen MR) is 265 cm³/mol. The van der Waals surface area contributed by atoms with E-state index in [0.29, 0.717) is 56.9 Å². The number of hydrogen-bond acceptors (Lipinski definition) is 9. The van der Waals surface area contributed by atoms with E-state index in [-0.39, 0.29) is 77.1 Å². The van der Waals surface area contributed by atoms with E-state index in [4.69, 9.17) is 24.5 Å². The molecule has 4 atom stereocenters. The van der Waals surface area contributed by atoms with Gasteiger partial charge < -0.3 is 24.7 Å². The molecule has 1 aromatic rings. The molecule has 4 unspecified atom stereocenters. The monoisotopic (exact) mass is 904 g/mol. The maximum atomic E-state index is 14.4. The molecule has 11 heteroatoms. The largest absolute Gasteiger partial charge is 2.00 e. The second-order valence-electron chi connectivity index (χ2n) is 18.7. The summed E-state index contributed by atoms with van der Waals surface area (Å²) in [5, 5.41) is 28.8. The Kier molecular flexibility index (Phi) is 17.8. The maximum absolute atomic E-state index is 14.4.